The highest BCUT2D eigenvalue weighted by Crippen LogP contribution is 2.24. The second-order valence-electron chi connectivity index (χ2n) is 4.84. The molecule has 0 bridgehead atoms. The molecule has 0 saturated heterocycles. The lowest BCUT2D eigenvalue weighted by Gasteiger charge is -2.12. The van der Waals surface area contributed by atoms with Crippen LogP contribution in [0.1, 0.15) is 25.0 Å². The van der Waals surface area contributed by atoms with E-state index in [4.69, 9.17) is 0 Å². The van der Waals surface area contributed by atoms with Crippen molar-refractivity contribution in [1.29, 1.82) is 0 Å². The number of halogens is 1. The molecular weight excluding hydrogens is 301 g/mol. The number of amides is 1. The van der Waals surface area contributed by atoms with E-state index in [1.807, 2.05) is 6.07 Å². The third-order valence-electron chi connectivity index (χ3n) is 3.11. The number of hydrogen-bond acceptors (Lipinski definition) is 3. The van der Waals surface area contributed by atoms with Crippen LogP contribution < -0.4 is 5.32 Å². The molecule has 0 aliphatic carbocycles. The van der Waals surface area contributed by atoms with E-state index in [-0.39, 0.29) is 18.1 Å². The molecule has 0 fully saturated rings. The van der Waals surface area contributed by atoms with E-state index in [9.17, 15) is 14.3 Å². The van der Waals surface area contributed by atoms with Crippen LogP contribution in [-0.4, -0.2) is 16.8 Å². The standard InChI is InChI=1S/C17H18FNO2S/c1-12(20)13-6-2-4-8-15(13)19-17(21)10-11-22-16-9-5-3-7-14(16)18/h2-9,12,20H,10-11H2,1H3,(H,19,21). The number of nitrogens with one attached hydrogen (secondary N) is 1. The van der Waals surface area contributed by atoms with Gasteiger partial charge in [0.05, 0.1) is 6.10 Å². The first-order valence-electron chi connectivity index (χ1n) is 7.02. The van der Waals surface area contributed by atoms with Crippen LogP contribution in [0.25, 0.3) is 0 Å². The first-order chi connectivity index (χ1) is 10.6. The van der Waals surface area contributed by atoms with Crippen LogP contribution in [0.3, 0.4) is 0 Å². The minimum absolute atomic E-state index is 0.156. The fourth-order valence-electron chi connectivity index (χ4n) is 2.00. The highest BCUT2D eigenvalue weighted by Gasteiger charge is 2.10. The Hall–Kier alpha value is -1.85. The third kappa shape index (κ3) is 4.58. The summed E-state index contributed by atoms with van der Waals surface area (Å²) in [4.78, 5) is 12.5. The number of aliphatic hydroxyl groups is 1. The van der Waals surface area contributed by atoms with E-state index in [1.54, 1.807) is 43.3 Å². The van der Waals surface area contributed by atoms with E-state index in [0.29, 0.717) is 21.9 Å². The van der Waals surface area contributed by atoms with E-state index < -0.39 is 6.10 Å². The van der Waals surface area contributed by atoms with Crippen molar-refractivity contribution < 1.29 is 14.3 Å². The number of para-hydroxylation sites is 1. The molecule has 22 heavy (non-hydrogen) atoms. The predicted octanol–water partition coefficient (Wildman–Crippen LogP) is 4.00. The van der Waals surface area contributed by atoms with Crippen molar-refractivity contribution >= 4 is 23.4 Å². The summed E-state index contributed by atoms with van der Waals surface area (Å²) in [5, 5.41) is 12.5. The van der Waals surface area contributed by atoms with E-state index >= 15 is 0 Å². The molecule has 0 radical (unpaired) electrons. The van der Waals surface area contributed by atoms with Gasteiger partial charge in [-0.1, -0.05) is 30.3 Å². The molecule has 0 heterocycles. The first-order valence-corrected chi connectivity index (χ1v) is 8.00. The lowest BCUT2D eigenvalue weighted by molar-refractivity contribution is -0.115. The molecule has 0 saturated carbocycles. The summed E-state index contributed by atoms with van der Waals surface area (Å²) in [6.07, 6.45) is -0.378. The molecule has 5 heteroatoms. The van der Waals surface area contributed by atoms with E-state index in [1.165, 1.54) is 17.8 Å². The van der Waals surface area contributed by atoms with Crippen LogP contribution in [0.15, 0.2) is 53.4 Å². The van der Waals surface area contributed by atoms with Crippen molar-refractivity contribution in [2.24, 2.45) is 0 Å². The number of hydrogen-bond donors (Lipinski definition) is 2. The van der Waals surface area contributed by atoms with Crippen LogP contribution in [-0.2, 0) is 4.79 Å². The monoisotopic (exact) mass is 319 g/mol. The Morgan fingerprint density at radius 2 is 1.91 bits per heavy atom. The minimum Gasteiger partial charge on any atom is -0.389 e. The summed E-state index contributed by atoms with van der Waals surface area (Å²) >= 11 is 1.31. The third-order valence-corrected chi connectivity index (χ3v) is 4.16. The number of aliphatic hydroxyl groups excluding tert-OH is 1. The van der Waals surface area contributed by atoms with Gasteiger partial charge in [-0.05, 0) is 25.1 Å². The average Bonchev–Trinajstić information content (AvgIpc) is 2.49. The summed E-state index contributed by atoms with van der Waals surface area (Å²) in [7, 11) is 0. The number of rotatable bonds is 6. The Morgan fingerprint density at radius 1 is 1.23 bits per heavy atom. The van der Waals surface area contributed by atoms with Crippen LogP contribution >= 0.6 is 11.8 Å². The van der Waals surface area contributed by atoms with Crippen molar-refractivity contribution in [3.05, 3.63) is 59.9 Å². The van der Waals surface area contributed by atoms with Gasteiger partial charge in [0.1, 0.15) is 5.82 Å². The second-order valence-corrected chi connectivity index (χ2v) is 5.98. The summed E-state index contributed by atoms with van der Waals surface area (Å²) in [5.41, 5.74) is 1.29. The van der Waals surface area contributed by atoms with Crippen LogP contribution in [0.5, 0.6) is 0 Å². The number of carbonyl (C=O) groups excluding carboxylic acids is 1. The lowest BCUT2D eigenvalue weighted by Crippen LogP contribution is -2.14. The normalized spacial score (nSPS) is 12.0. The Labute approximate surface area is 133 Å². The van der Waals surface area contributed by atoms with Crippen molar-refractivity contribution in [1.82, 2.24) is 0 Å². The van der Waals surface area contributed by atoms with Gasteiger partial charge in [0, 0.05) is 28.3 Å². The number of thioether (sulfide) groups is 1. The molecule has 3 nitrogen and oxygen atoms in total. The maximum atomic E-state index is 13.5. The Balaban J connectivity index is 1.88. The van der Waals surface area contributed by atoms with Crippen LogP contribution in [0.4, 0.5) is 10.1 Å². The first kappa shape index (κ1) is 16.5. The molecule has 0 aliphatic heterocycles. The number of anilines is 1. The van der Waals surface area contributed by atoms with Gasteiger partial charge in [-0.15, -0.1) is 11.8 Å². The van der Waals surface area contributed by atoms with Gasteiger partial charge in [-0.3, -0.25) is 4.79 Å². The minimum atomic E-state index is -0.649. The Kier molecular flexibility index (Phi) is 5.98. The maximum absolute atomic E-state index is 13.5. The number of carbonyl (C=O) groups is 1. The summed E-state index contributed by atoms with van der Waals surface area (Å²) in [6.45, 7) is 1.65. The molecule has 1 amide bonds. The fourth-order valence-corrected chi connectivity index (χ4v) is 2.89. The average molecular weight is 319 g/mol. The van der Waals surface area contributed by atoms with Gasteiger partial charge < -0.3 is 10.4 Å². The molecule has 2 N–H and O–H groups in total. The van der Waals surface area contributed by atoms with Crippen LogP contribution in [0, 0.1) is 5.82 Å². The summed E-state index contributed by atoms with van der Waals surface area (Å²) in [5.74, 6) is 0.0631. The van der Waals surface area contributed by atoms with Gasteiger partial charge >= 0.3 is 0 Å². The molecule has 116 valence electrons. The topological polar surface area (TPSA) is 49.3 Å². The Bertz CT molecular complexity index is 646. The Morgan fingerprint density at radius 3 is 2.64 bits per heavy atom. The molecule has 2 aromatic rings. The van der Waals surface area contributed by atoms with E-state index in [2.05, 4.69) is 5.32 Å². The smallest absolute Gasteiger partial charge is 0.225 e. The molecule has 0 aromatic heterocycles. The SMILES string of the molecule is CC(O)c1ccccc1NC(=O)CCSc1ccccc1F. The van der Waals surface area contributed by atoms with Crippen molar-refractivity contribution in [3.63, 3.8) is 0 Å². The molecule has 1 unspecified atom stereocenters. The highest BCUT2D eigenvalue weighted by molar-refractivity contribution is 7.99. The van der Waals surface area contributed by atoms with Gasteiger partial charge in [0.15, 0.2) is 0 Å². The van der Waals surface area contributed by atoms with Crippen LogP contribution in [0.2, 0.25) is 0 Å². The molecule has 0 aliphatic rings. The van der Waals surface area contributed by atoms with Gasteiger partial charge in [-0.2, -0.15) is 0 Å². The van der Waals surface area contributed by atoms with E-state index in [0.717, 1.165) is 0 Å². The van der Waals surface area contributed by atoms with Gasteiger partial charge in [0.25, 0.3) is 0 Å². The predicted molar refractivity (Wildman–Crippen MR) is 87.4 cm³/mol. The second kappa shape index (κ2) is 7.96. The van der Waals surface area contributed by atoms with Gasteiger partial charge in [0.2, 0.25) is 5.91 Å². The fraction of sp³-hybridized carbons (Fsp3) is 0.235. The maximum Gasteiger partial charge on any atom is 0.225 e. The zero-order chi connectivity index (χ0) is 15.9. The summed E-state index contributed by atoms with van der Waals surface area (Å²) in [6, 6.07) is 13.6. The van der Waals surface area contributed by atoms with Crippen molar-refractivity contribution in [3.8, 4) is 0 Å². The molecule has 1 atom stereocenters. The number of benzene rings is 2. The molecule has 2 aromatic carbocycles. The van der Waals surface area contributed by atoms with Crippen molar-refractivity contribution in [2.75, 3.05) is 11.1 Å². The lowest BCUT2D eigenvalue weighted by atomic mass is 10.1. The zero-order valence-corrected chi connectivity index (χ0v) is 13.1. The molecular formula is C17H18FNO2S. The van der Waals surface area contributed by atoms with Crippen molar-refractivity contribution in [2.45, 2.75) is 24.3 Å². The molecule has 2 rings (SSSR count). The zero-order valence-electron chi connectivity index (χ0n) is 12.3. The van der Waals surface area contributed by atoms with Gasteiger partial charge in [-0.25, -0.2) is 4.39 Å². The quantitative estimate of drug-likeness (QED) is 0.791. The molecule has 0 spiro atoms. The summed E-state index contributed by atoms with van der Waals surface area (Å²) < 4.78 is 13.5. The largest absolute Gasteiger partial charge is 0.389 e. The highest BCUT2D eigenvalue weighted by atomic mass is 32.2.